The minimum atomic E-state index is -0.683. The fourth-order valence-electron chi connectivity index (χ4n) is 3.32. The van der Waals surface area contributed by atoms with Crippen LogP contribution < -0.4 is 0 Å². The van der Waals surface area contributed by atoms with E-state index in [-0.39, 0.29) is 12.0 Å². The molecule has 3 heteroatoms. The predicted molar refractivity (Wildman–Crippen MR) is 76.9 cm³/mol. The van der Waals surface area contributed by atoms with E-state index in [0.717, 1.165) is 25.9 Å². The maximum Gasteiger partial charge on any atom is 0.321 e. The molecule has 19 heavy (non-hydrogen) atoms. The minimum absolute atomic E-state index is 0.158. The van der Waals surface area contributed by atoms with Gasteiger partial charge in [-0.25, -0.2) is 0 Å². The van der Waals surface area contributed by atoms with Gasteiger partial charge in [-0.2, -0.15) is 0 Å². The molecule has 0 bridgehead atoms. The third-order valence-electron chi connectivity index (χ3n) is 4.26. The number of allylic oxidation sites excluding steroid dienone is 3. The summed E-state index contributed by atoms with van der Waals surface area (Å²) in [5.74, 6) is 0.609. The van der Waals surface area contributed by atoms with E-state index < -0.39 is 5.97 Å². The number of likely N-dealkylation sites (tertiary alicyclic amines) is 1. The highest BCUT2D eigenvalue weighted by Gasteiger charge is 2.35. The zero-order chi connectivity index (χ0) is 14.0. The Kier molecular flexibility index (Phi) is 4.46. The predicted octanol–water partition coefficient (Wildman–Crippen LogP) is 2.94. The number of hydrogen-bond donors (Lipinski definition) is 1. The van der Waals surface area contributed by atoms with E-state index in [9.17, 15) is 9.90 Å². The lowest BCUT2D eigenvalue weighted by molar-refractivity contribution is -0.144. The van der Waals surface area contributed by atoms with Crippen LogP contribution in [0.5, 0.6) is 0 Å². The molecule has 0 spiro atoms. The smallest absolute Gasteiger partial charge is 0.321 e. The van der Waals surface area contributed by atoms with Gasteiger partial charge >= 0.3 is 5.97 Å². The van der Waals surface area contributed by atoms with Crippen LogP contribution in [0.25, 0.3) is 0 Å². The molecule has 2 rings (SSSR count). The summed E-state index contributed by atoms with van der Waals surface area (Å²) in [6.07, 6.45) is 9.06. The molecular weight excluding hydrogens is 238 g/mol. The molecule has 0 aromatic carbocycles. The Morgan fingerprint density at radius 1 is 1.47 bits per heavy atom. The molecule has 3 nitrogen and oxygen atoms in total. The maximum atomic E-state index is 11.4. The van der Waals surface area contributed by atoms with Gasteiger partial charge in [0.25, 0.3) is 0 Å². The summed E-state index contributed by atoms with van der Waals surface area (Å²) in [7, 11) is 0. The molecule has 2 aliphatic rings. The third-order valence-corrected chi connectivity index (χ3v) is 4.26. The van der Waals surface area contributed by atoms with Crippen LogP contribution in [0.2, 0.25) is 0 Å². The Hall–Kier alpha value is -1.09. The largest absolute Gasteiger partial charge is 0.480 e. The first-order valence-corrected chi connectivity index (χ1v) is 7.34. The zero-order valence-electron chi connectivity index (χ0n) is 12.2. The number of rotatable bonds is 4. The number of nitrogens with zero attached hydrogens (tertiary/aromatic N) is 1. The molecule has 1 aliphatic carbocycles. The van der Waals surface area contributed by atoms with Crippen molar-refractivity contribution in [1.29, 1.82) is 0 Å². The van der Waals surface area contributed by atoms with E-state index >= 15 is 0 Å². The van der Waals surface area contributed by atoms with Gasteiger partial charge in [-0.1, -0.05) is 39.0 Å². The Morgan fingerprint density at radius 3 is 2.79 bits per heavy atom. The molecule has 1 N–H and O–H groups in total. The van der Waals surface area contributed by atoms with Crippen LogP contribution in [-0.2, 0) is 4.79 Å². The lowest BCUT2D eigenvalue weighted by Crippen LogP contribution is -2.43. The van der Waals surface area contributed by atoms with Crippen molar-refractivity contribution in [3.05, 3.63) is 23.8 Å². The van der Waals surface area contributed by atoms with E-state index in [1.54, 1.807) is 0 Å². The van der Waals surface area contributed by atoms with Gasteiger partial charge in [0.2, 0.25) is 0 Å². The second-order valence-electron chi connectivity index (χ2n) is 6.29. The molecule has 1 fully saturated rings. The maximum absolute atomic E-state index is 11.4. The van der Waals surface area contributed by atoms with Crippen LogP contribution in [0, 0.1) is 17.8 Å². The second kappa shape index (κ2) is 5.91. The Labute approximate surface area is 116 Å². The lowest BCUT2D eigenvalue weighted by Gasteiger charge is -2.27. The van der Waals surface area contributed by atoms with Gasteiger partial charge in [0.05, 0.1) is 0 Å². The highest BCUT2D eigenvalue weighted by Crippen LogP contribution is 2.31. The molecule has 0 aromatic heterocycles. The zero-order valence-corrected chi connectivity index (χ0v) is 12.2. The van der Waals surface area contributed by atoms with Crippen molar-refractivity contribution in [2.45, 2.75) is 39.7 Å². The van der Waals surface area contributed by atoms with Crippen molar-refractivity contribution in [3.63, 3.8) is 0 Å². The van der Waals surface area contributed by atoms with Crippen molar-refractivity contribution >= 4 is 5.97 Å². The number of carbonyl (C=O) groups is 1. The summed E-state index contributed by atoms with van der Waals surface area (Å²) in [5, 5.41) is 9.37. The third kappa shape index (κ3) is 3.27. The molecule has 3 atom stereocenters. The SMILES string of the molecule is CC1C=C(C2CCN([C@@H](C(=O)O)C(C)C)C2)C=CC1. The first-order valence-electron chi connectivity index (χ1n) is 7.34. The summed E-state index contributed by atoms with van der Waals surface area (Å²) in [5.41, 5.74) is 1.41. The molecule has 1 saturated heterocycles. The highest BCUT2D eigenvalue weighted by atomic mass is 16.4. The van der Waals surface area contributed by atoms with Crippen molar-refractivity contribution in [3.8, 4) is 0 Å². The van der Waals surface area contributed by atoms with E-state index in [0.29, 0.717) is 11.8 Å². The van der Waals surface area contributed by atoms with Crippen LogP contribution in [0.15, 0.2) is 23.8 Å². The van der Waals surface area contributed by atoms with E-state index in [1.165, 1.54) is 5.57 Å². The van der Waals surface area contributed by atoms with Crippen LogP contribution in [0.4, 0.5) is 0 Å². The van der Waals surface area contributed by atoms with Crippen LogP contribution in [0.1, 0.15) is 33.6 Å². The molecule has 1 aliphatic heterocycles. The highest BCUT2D eigenvalue weighted by molar-refractivity contribution is 5.73. The molecule has 2 unspecified atom stereocenters. The van der Waals surface area contributed by atoms with Gasteiger partial charge in [0, 0.05) is 6.54 Å². The molecule has 1 heterocycles. The molecule has 106 valence electrons. The van der Waals surface area contributed by atoms with Gasteiger partial charge in [-0.05, 0) is 42.7 Å². The minimum Gasteiger partial charge on any atom is -0.480 e. The summed E-state index contributed by atoms with van der Waals surface area (Å²) < 4.78 is 0. The average Bonchev–Trinajstić information content (AvgIpc) is 2.77. The average molecular weight is 263 g/mol. The van der Waals surface area contributed by atoms with Crippen molar-refractivity contribution in [1.82, 2.24) is 4.90 Å². The normalized spacial score (nSPS) is 29.6. The fraction of sp³-hybridized carbons (Fsp3) is 0.688. The van der Waals surface area contributed by atoms with E-state index in [1.807, 2.05) is 13.8 Å². The quantitative estimate of drug-likeness (QED) is 0.847. The Morgan fingerprint density at radius 2 is 2.21 bits per heavy atom. The van der Waals surface area contributed by atoms with Gasteiger partial charge in [0.1, 0.15) is 6.04 Å². The van der Waals surface area contributed by atoms with Crippen LogP contribution in [-0.4, -0.2) is 35.1 Å². The number of carboxylic acid groups (broad SMARTS) is 1. The van der Waals surface area contributed by atoms with Gasteiger partial charge < -0.3 is 5.11 Å². The standard InChI is InChI=1S/C16H25NO2/c1-11(2)15(16(18)19)17-8-7-14(10-17)13-6-4-5-12(3)9-13/h4,6,9,11-12,14-15H,5,7-8,10H2,1-3H3,(H,18,19)/t12?,14?,15-/m1/s1. The van der Waals surface area contributed by atoms with Crippen LogP contribution in [0.3, 0.4) is 0 Å². The number of carboxylic acids is 1. The molecule has 0 aromatic rings. The fourth-order valence-corrected chi connectivity index (χ4v) is 3.32. The monoisotopic (exact) mass is 263 g/mol. The van der Waals surface area contributed by atoms with Crippen molar-refractivity contribution in [2.24, 2.45) is 17.8 Å². The first kappa shape index (κ1) is 14.3. The van der Waals surface area contributed by atoms with Crippen LogP contribution >= 0.6 is 0 Å². The van der Waals surface area contributed by atoms with Gasteiger partial charge in [-0.3, -0.25) is 9.69 Å². The first-order chi connectivity index (χ1) is 8.99. The number of hydrogen-bond acceptors (Lipinski definition) is 2. The van der Waals surface area contributed by atoms with Crippen molar-refractivity contribution < 1.29 is 9.90 Å². The summed E-state index contributed by atoms with van der Waals surface area (Å²) in [4.78, 5) is 13.5. The van der Waals surface area contributed by atoms with E-state index in [4.69, 9.17) is 0 Å². The van der Waals surface area contributed by atoms with Gasteiger partial charge in [0.15, 0.2) is 0 Å². The number of aliphatic carboxylic acids is 1. The topological polar surface area (TPSA) is 40.5 Å². The molecule has 0 radical (unpaired) electrons. The molecule has 0 saturated carbocycles. The summed E-state index contributed by atoms with van der Waals surface area (Å²) in [6, 6.07) is -0.337. The Balaban J connectivity index is 2.03. The Bertz CT molecular complexity index is 398. The second-order valence-corrected chi connectivity index (χ2v) is 6.29. The van der Waals surface area contributed by atoms with Gasteiger partial charge in [-0.15, -0.1) is 0 Å². The summed E-state index contributed by atoms with van der Waals surface area (Å²) in [6.45, 7) is 8.02. The molecule has 0 amide bonds. The van der Waals surface area contributed by atoms with E-state index in [2.05, 4.69) is 30.1 Å². The lowest BCUT2D eigenvalue weighted by atomic mass is 9.89. The molecular formula is C16H25NO2. The van der Waals surface area contributed by atoms with Crippen molar-refractivity contribution in [2.75, 3.05) is 13.1 Å². The summed E-state index contributed by atoms with van der Waals surface area (Å²) >= 11 is 0.